The first-order valence-electron chi connectivity index (χ1n) is 5.17. The summed E-state index contributed by atoms with van der Waals surface area (Å²) in [5.74, 6) is -0.293. The zero-order valence-electron chi connectivity index (χ0n) is 9.50. The smallest absolute Gasteiger partial charge is 0.144 e. The predicted molar refractivity (Wildman–Crippen MR) is 58.0 cm³/mol. The molecule has 0 saturated carbocycles. The summed E-state index contributed by atoms with van der Waals surface area (Å²) in [7, 11) is 0. The van der Waals surface area contributed by atoms with Crippen LogP contribution in [0.4, 0.5) is 4.39 Å². The zero-order valence-corrected chi connectivity index (χ0v) is 9.50. The lowest BCUT2D eigenvalue weighted by molar-refractivity contribution is 0.0558. The van der Waals surface area contributed by atoms with Crippen LogP contribution in [0, 0.1) is 11.2 Å². The van der Waals surface area contributed by atoms with Crippen LogP contribution in [0.2, 0.25) is 0 Å². The van der Waals surface area contributed by atoms with Crippen molar-refractivity contribution in [1.29, 1.82) is 0 Å². The molecular formula is C12H18FNO. The molecule has 0 fully saturated rings. The monoisotopic (exact) mass is 211 g/mol. The molecule has 0 spiro atoms. The lowest BCUT2D eigenvalue weighted by Gasteiger charge is -2.25. The van der Waals surface area contributed by atoms with Gasteiger partial charge in [-0.15, -0.1) is 0 Å². The standard InChI is InChI=1S/C12H18FNO/c1-12(2,3)11(15)5-4-9-6-7-14-8-10(9)13/h6-8,11,15H,4-5H2,1-3H3. The minimum atomic E-state index is -0.412. The van der Waals surface area contributed by atoms with Crippen LogP contribution in [0.25, 0.3) is 0 Å². The third-order valence-electron chi connectivity index (χ3n) is 2.54. The molecule has 1 aromatic heterocycles. The molecule has 0 aliphatic rings. The molecule has 84 valence electrons. The van der Waals surface area contributed by atoms with Crippen LogP contribution in [-0.2, 0) is 6.42 Å². The van der Waals surface area contributed by atoms with Crippen LogP contribution in [0.15, 0.2) is 18.5 Å². The number of hydrogen-bond donors (Lipinski definition) is 1. The average Bonchev–Trinajstić information content (AvgIpc) is 2.14. The van der Waals surface area contributed by atoms with Gasteiger partial charge in [-0.1, -0.05) is 20.8 Å². The SMILES string of the molecule is CC(C)(C)C(O)CCc1ccncc1F. The van der Waals surface area contributed by atoms with Crippen molar-refractivity contribution in [3.8, 4) is 0 Å². The van der Waals surface area contributed by atoms with Crippen molar-refractivity contribution < 1.29 is 9.50 Å². The first-order valence-corrected chi connectivity index (χ1v) is 5.17. The van der Waals surface area contributed by atoms with E-state index in [1.54, 1.807) is 12.3 Å². The molecule has 0 saturated heterocycles. The third-order valence-corrected chi connectivity index (χ3v) is 2.54. The molecule has 0 aromatic carbocycles. The first kappa shape index (κ1) is 12.1. The fourth-order valence-electron chi connectivity index (χ4n) is 1.33. The fourth-order valence-corrected chi connectivity index (χ4v) is 1.33. The van der Waals surface area contributed by atoms with Gasteiger partial charge in [-0.3, -0.25) is 4.98 Å². The minimum absolute atomic E-state index is 0.149. The summed E-state index contributed by atoms with van der Waals surface area (Å²) in [4.78, 5) is 3.68. The third kappa shape index (κ3) is 3.59. The molecule has 1 rings (SSSR count). The van der Waals surface area contributed by atoms with Gasteiger partial charge in [-0.2, -0.15) is 0 Å². The molecule has 1 heterocycles. The van der Waals surface area contributed by atoms with E-state index in [4.69, 9.17) is 0 Å². The van der Waals surface area contributed by atoms with Gasteiger partial charge in [-0.05, 0) is 29.9 Å². The molecule has 0 radical (unpaired) electrons. The number of pyridine rings is 1. The average molecular weight is 211 g/mol. The molecule has 0 amide bonds. The molecule has 1 unspecified atom stereocenters. The lowest BCUT2D eigenvalue weighted by Crippen LogP contribution is -2.26. The summed E-state index contributed by atoms with van der Waals surface area (Å²) in [6.07, 6.45) is 3.49. The van der Waals surface area contributed by atoms with Gasteiger partial charge in [0.15, 0.2) is 0 Å². The highest BCUT2D eigenvalue weighted by atomic mass is 19.1. The van der Waals surface area contributed by atoms with Crippen LogP contribution in [0.1, 0.15) is 32.8 Å². The number of aliphatic hydroxyl groups excluding tert-OH is 1. The summed E-state index contributed by atoms with van der Waals surface area (Å²) in [5, 5.41) is 9.80. The highest BCUT2D eigenvalue weighted by molar-refractivity contribution is 5.12. The predicted octanol–water partition coefficient (Wildman–Crippen LogP) is 2.56. The maximum Gasteiger partial charge on any atom is 0.144 e. The van der Waals surface area contributed by atoms with Crippen LogP contribution >= 0.6 is 0 Å². The summed E-state index contributed by atoms with van der Waals surface area (Å²) in [6.45, 7) is 5.92. The van der Waals surface area contributed by atoms with Crippen LogP contribution in [0.3, 0.4) is 0 Å². The number of halogens is 1. The van der Waals surface area contributed by atoms with Crippen molar-refractivity contribution in [1.82, 2.24) is 4.98 Å². The van der Waals surface area contributed by atoms with E-state index < -0.39 is 6.10 Å². The van der Waals surface area contributed by atoms with Crippen LogP contribution < -0.4 is 0 Å². The molecular weight excluding hydrogens is 193 g/mol. The van der Waals surface area contributed by atoms with Crippen molar-refractivity contribution >= 4 is 0 Å². The molecule has 0 aliphatic heterocycles. The Kier molecular flexibility index (Phi) is 3.80. The molecule has 15 heavy (non-hydrogen) atoms. The minimum Gasteiger partial charge on any atom is -0.393 e. The highest BCUT2D eigenvalue weighted by Crippen LogP contribution is 2.23. The Hall–Kier alpha value is -0.960. The van der Waals surface area contributed by atoms with Crippen molar-refractivity contribution in [2.75, 3.05) is 0 Å². The van der Waals surface area contributed by atoms with E-state index in [1.807, 2.05) is 20.8 Å². The lowest BCUT2D eigenvalue weighted by atomic mass is 9.86. The van der Waals surface area contributed by atoms with Gasteiger partial charge in [0.05, 0.1) is 12.3 Å². The van der Waals surface area contributed by atoms with Crippen LogP contribution in [0.5, 0.6) is 0 Å². The first-order chi connectivity index (χ1) is 6.91. The summed E-state index contributed by atoms with van der Waals surface area (Å²) < 4.78 is 13.2. The number of aryl methyl sites for hydroxylation is 1. The largest absolute Gasteiger partial charge is 0.393 e. The van der Waals surface area contributed by atoms with Crippen molar-refractivity contribution in [3.05, 3.63) is 29.8 Å². The second-order valence-corrected chi connectivity index (χ2v) is 4.89. The quantitative estimate of drug-likeness (QED) is 0.833. The number of hydrogen-bond acceptors (Lipinski definition) is 2. The van der Waals surface area contributed by atoms with Gasteiger partial charge in [0.25, 0.3) is 0 Å². The molecule has 1 N–H and O–H groups in total. The highest BCUT2D eigenvalue weighted by Gasteiger charge is 2.21. The normalized spacial score (nSPS) is 13.9. The Balaban J connectivity index is 2.55. The number of rotatable bonds is 3. The van der Waals surface area contributed by atoms with E-state index in [-0.39, 0.29) is 11.2 Å². The summed E-state index contributed by atoms with van der Waals surface area (Å²) in [6, 6.07) is 1.66. The molecule has 0 aliphatic carbocycles. The van der Waals surface area contributed by atoms with Gasteiger partial charge in [0.2, 0.25) is 0 Å². The van der Waals surface area contributed by atoms with Gasteiger partial charge < -0.3 is 5.11 Å². The molecule has 0 bridgehead atoms. The van der Waals surface area contributed by atoms with Gasteiger partial charge in [-0.25, -0.2) is 4.39 Å². The van der Waals surface area contributed by atoms with Gasteiger partial charge >= 0.3 is 0 Å². The van der Waals surface area contributed by atoms with E-state index >= 15 is 0 Å². The van der Waals surface area contributed by atoms with E-state index in [0.717, 1.165) is 0 Å². The topological polar surface area (TPSA) is 33.1 Å². The summed E-state index contributed by atoms with van der Waals surface area (Å²) in [5.41, 5.74) is 0.469. The molecule has 1 atom stereocenters. The Labute approximate surface area is 90.2 Å². The number of nitrogens with zero attached hydrogens (tertiary/aromatic N) is 1. The Morgan fingerprint density at radius 1 is 1.47 bits per heavy atom. The molecule has 2 nitrogen and oxygen atoms in total. The Bertz CT molecular complexity index is 320. The second-order valence-electron chi connectivity index (χ2n) is 4.89. The van der Waals surface area contributed by atoms with Crippen LogP contribution in [-0.4, -0.2) is 16.2 Å². The maximum atomic E-state index is 13.2. The van der Waals surface area contributed by atoms with Gasteiger partial charge in [0, 0.05) is 6.20 Å². The summed E-state index contributed by atoms with van der Waals surface area (Å²) >= 11 is 0. The number of aromatic nitrogens is 1. The van der Waals surface area contributed by atoms with E-state index in [2.05, 4.69) is 4.98 Å². The Morgan fingerprint density at radius 2 is 2.13 bits per heavy atom. The van der Waals surface area contributed by atoms with Crippen molar-refractivity contribution in [2.45, 2.75) is 39.7 Å². The van der Waals surface area contributed by atoms with Crippen molar-refractivity contribution in [3.63, 3.8) is 0 Å². The van der Waals surface area contributed by atoms with Gasteiger partial charge in [0.1, 0.15) is 5.82 Å². The van der Waals surface area contributed by atoms with E-state index in [9.17, 15) is 9.50 Å². The second kappa shape index (κ2) is 4.71. The fraction of sp³-hybridized carbons (Fsp3) is 0.583. The number of aliphatic hydroxyl groups is 1. The maximum absolute atomic E-state index is 13.2. The van der Waals surface area contributed by atoms with E-state index in [0.29, 0.717) is 18.4 Å². The molecule has 3 heteroatoms. The molecule has 1 aromatic rings. The van der Waals surface area contributed by atoms with E-state index in [1.165, 1.54) is 6.20 Å². The van der Waals surface area contributed by atoms with Crippen molar-refractivity contribution in [2.24, 2.45) is 5.41 Å². The zero-order chi connectivity index (χ0) is 11.5. The Morgan fingerprint density at radius 3 is 2.67 bits per heavy atom.